The molecule has 1 saturated carbocycles. The van der Waals surface area contributed by atoms with Crippen LogP contribution in [-0.2, 0) is 13.6 Å². The zero-order valence-corrected chi connectivity index (χ0v) is 10.9. The Morgan fingerprint density at radius 1 is 1.44 bits per heavy atom. The third-order valence-corrected chi connectivity index (χ3v) is 3.22. The molecule has 0 amide bonds. The number of aryl methyl sites for hydroxylation is 1. The molecule has 0 atom stereocenters. The van der Waals surface area contributed by atoms with Gasteiger partial charge in [-0.2, -0.15) is 5.10 Å². The highest BCUT2D eigenvalue weighted by molar-refractivity contribution is 6.29. The zero-order valence-electron chi connectivity index (χ0n) is 10.1. The predicted molar refractivity (Wildman–Crippen MR) is 69.6 cm³/mol. The molecule has 0 aliphatic heterocycles. The Kier molecular flexibility index (Phi) is 2.91. The number of halogens is 1. The zero-order chi connectivity index (χ0) is 12.5. The lowest BCUT2D eigenvalue weighted by Gasteiger charge is -2.07. The van der Waals surface area contributed by atoms with Crippen molar-refractivity contribution in [2.24, 2.45) is 7.05 Å². The second-order valence-corrected chi connectivity index (χ2v) is 4.90. The van der Waals surface area contributed by atoms with E-state index >= 15 is 0 Å². The minimum absolute atomic E-state index is 0.499. The van der Waals surface area contributed by atoms with Gasteiger partial charge in [0, 0.05) is 25.2 Å². The summed E-state index contributed by atoms with van der Waals surface area (Å²) in [5.74, 6) is 2.13. The first-order valence-corrected chi connectivity index (χ1v) is 6.35. The molecule has 1 fully saturated rings. The maximum atomic E-state index is 6.01. The van der Waals surface area contributed by atoms with Crippen LogP contribution in [0.25, 0.3) is 0 Å². The van der Waals surface area contributed by atoms with Crippen LogP contribution in [0.2, 0.25) is 5.15 Å². The molecule has 2 heterocycles. The third-order valence-electron chi connectivity index (χ3n) is 3.03. The summed E-state index contributed by atoms with van der Waals surface area (Å²) in [6.07, 6.45) is 4.11. The van der Waals surface area contributed by atoms with Gasteiger partial charge in [0.05, 0.1) is 12.2 Å². The summed E-state index contributed by atoms with van der Waals surface area (Å²) >= 11 is 6.01. The molecule has 0 radical (unpaired) electrons. The van der Waals surface area contributed by atoms with E-state index in [0.29, 0.717) is 17.6 Å². The average Bonchev–Trinajstić information content (AvgIpc) is 3.11. The number of rotatable bonds is 4. The lowest BCUT2D eigenvalue weighted by Crippen LogP contribution is -2.07. The Labute approximate surface area is 110 Å². The number of aromatic nitrogens is 4. The molecular weight excluding hydrogens is 250 g/mol. The average molecular weight is 264 g/mol. The molecule has 0 spiro atoms. The van der Waals surface area contributed by atoms with Crippen molar-refractivity contribution >= 4 is 17.4 Å². The molecule has 0 saturated heterocycles. The van der Waals surface area contributed by atoms with Crippen molar-refractivity contribution in [1.29, 1.82) is 0 Å². The molecular formula is C12H14ClN5. The van der Waals surface area contributed by atoms with Crippen molar-refractivity contribution in [2.45, 2.75) is 25.3 Å². The number of anilines is 1. The summed E-state index contributed by atoms with van der Waals surface area (Å²) in [6.45, 7) is 0.675. The fourth-order valence-electron chi connectivity index (χ4n) is 1.81. The van der Waals surface area contributed by atoms with E-state index in [1.54, 1.807) is 12.3 Å². The van der Waals surface area contributed by atoms with Crippen LogP contribution in [0.5, 0.6) is 0 Å². The van der Waals surface area contributed by atoms with Gasteiger partial charge in [0.25, 0.3) is 0 Å². The lowest BCUT2D eigenvalue weighted by molar-refractivity contribution is 0.719. The first kappa shape index (κ1) is 11.5. The van der Waals surface area contributed by atoms with Crippen LogP contribution >= 0.6 is 11.6 Å². The monoisotopic (exact) mass is 263 g/mol. The van der Waals surface area contributed by atoms with Crippen LogP contribution in [0.3, 0.4) is 0 Å². The summed E-state index contributed by atoms with van der Waals surface area (Å²) in [4.78, 5) is 8.74. The van der Waals surface area contributed by atoms with E-state index in [0.717, 1.165) is 17.3 Å². The number of nitrogens with one attached hydrogen (secondary N) is 1. The largest absolute Gasteiger partial charge is 0.364 e. The van der Waals surface area contributed by atoms with Gasteiger partial charge in [0.1, 0.15) is 16.8 Å². The highest BCUT2D eigenvalue weighted by atomic mass is 35.5. The van der Waals surface area contributed by atoms with Gasteiger partial charge in [0.15, 0.2) is 0 Å². The quantitative estimate of drug-likeness (QED) is 0.861. The van der Waals surface area contributed by atoms with Crippen LogP contribution in [-0.4, -0.2) is 19.7 Å². The first-order valence-electron chi connectivity index (χ1n) is 5.97. The van der Waals surface area contributed by atoms with Gasteiger partial charge in [-0.05, 0) is 18.9 Å². The number of hydrogen-bond acceptors (Lipinski definition) is 4. The molecule has 1 N–H and O–H groups in total. The van der Waals surface area contributed by atoms with Gasteiger partial charge in [-0.15, -0.1) is 0 Å². The summed E-state index contributed by atoms with van der Waals surface area (Å²) in [5.41, 5.74) is 1.10. The summed E-state index contributed by atoms with van der Waals surface area (Å²) in [6, 6.07) is 3.72. The van der Waals surface area contributed by atoms with E-state index in [2.05, 4.69) is 20.4 Å². The van der Waals surface area contributed by atoms with Crippen molar-refractivity contribution in [3.05, 3.63) is 35.0 Å². The Hall–Kier alpha value is -1.62. The molecule has 2 aromatic heterocycles. The van der Waals surface area contributed by atoms with Crippen LogP contribution in [0, 0.1) is 0 Å². The van der Waals surface area contributed by atoms with Crippen LogP contribution < -0.4 is 5.32 Å². The summed E-state index contributed by atoms with van der Waals surface area (Å²) < 4.78 is 1.83. The standard InChI is InChI=1S/C12H14ClN5/c1-18-9(4-5-15-18)7-14-11-6-10(13)16-12(17-11)8-2-3-8/h4-6,8H,2-3,7H2,1H3,(H,14,16,17). The van der Waals surface area contributed by atoms with E-state index in [1.165, 1.54) is 12.8 Å². The van der Waals surface area contributed by atoms with E-state index in [4.69, 9.17) is 11.6 Å². The Bertz CT molecular complexity index is 561. The van der Waals surface area contributed by atoms with E-state index in [-0.39, 0.29) is 0 Å². The highest BCUT2D eigenvalue weighted by Crippen LogP contribution is 2.38. The second-order valence-electron chi connectivity index (χ2n) is 4.51. The topological polar surface area (TPSA) is 55.6 Å². The van der Waals surface area contributed by atoms with E-state index < -0.39 is 0 Å². The normalized spacial score (nSPS) is 14.8. The molecule has 3 rings (SSSR count). The van der Waals surface area contributed by atoms with Gasteiger partial charge in [0.2, 0.25) is 0 Å². The van der Waals surface area contributed by atoms with Crippen LogP contribution in [0.1, 0.15) is 30.3 Å². The molecule has 5 nitrogen and oxygen atoms in total. The predicted octanol–water partition coefficient (Wildman–Crippen LogP) is 2.35. The number of hydrogen-bond donors (Lipinski definition) is 1. The summed E-state index contributed by atoms with van der Waals surface area (Å²) in [7, 11) is 1.92. The molecule has 18 heavy (non-hydrogen) atoms. The molecule has 2 aromatic rings. The SMILES string of the molecule is Cn1nccc1CNc1cc(Cl)nc(C2CC2)n1. The first-order chi connectivity index (χ1) is 8.72. The second kappa shape index (κ2) is 4.57. The van der Waals surface area contributed by atoms with E-state index in [1.807, 2.05) is 17.8 Å². The highest BCUT2D eigenvalue weighted by Gasteiger charge is 2.27. The Morgan fingerprint density at radius 3 is 2.94 bits per heavy atom. The van der Waals surface area contributed by atoms with Gasteiger partial charge in [-0.1, -0.05) is 11.6 Å². The minimum atomic E-state index is 0.499. The molecule has 94 valence electrons. The van der Waals surface area contributed by atoms with Gasteiger partial charge >= 0.3 is 0 Å². The van der Waals surface area contributed by atoms with Gasteiger partial charge in [-0.25, -0.2) is 9.97 Å². The third kappa shape index (κ3) is 2.46. The molecule has 0 unspecified atom stereocenters. The summed E-state index contributed by atoms with van der Waals surface area (Å²) in [5, 5.41) is 7.87. The molecule has 6 heteroatoms. The van der Waals surface area contributed by atoms with Crippen molar-refractivity contribution in [3.8, 4) is 0 Å². The maximum absolute atomic E-state index is 6.01. The van der Waals surface area contributed by atoms with Gasteiger partial charge in [-0.3, -0.25) is 4.68 Å². The molecule has 0 bridgehead atoms. The smallest absolute Gasteiger partial charge is 0.135 e. The fourth-order valence-corrected chi connectivity index (χ4v) is 2.00. The van der Waals surface area contributed by atoms with E-state index in [9.17, 15) is 0 Å². The number of nitrogens with zero attached hydrogens (tertiary/aromatic N) is 4. The fraction of sp³-hybridized carbons (Fsp3) is 0.417. The Morgan fingerprint density at radius 2 is 2.28 bits per heavy atom. The minimum Gasteiger partial charge on any atom is -0.364 e. The maximum Gasteiger partial charge on any atom is 0.135 e. The Balaban J connectivity index is 1.74. The van der Waals surface area contributed by atoms with Crippen LogP contribution in [0.4, 0.5) is 5.82 Å². The van der Waals surface area contributed by atoms with Crippen molar-refractivity contribution in [3.63, 3.8) is 0 Å². The van der Waals surface area contributed by atoms with Crippen molar-refractivity contribution in [2.75, 3.05) is 5.32 Å². The van der Waals surface area contributed by atoms with Crippen molar-refractivity contribution < 1.29 is 0 Å². The van der Waals surface area contributed by atoms with Crippen LogP contribution in [0.15, 0.2) is 18.3 Å². The molecule has 0 aromatic carbocycles. The van der Waals surface area contributed by atoms with Gasteiger partial charge < -0.3 is 5.32 Å². The molecule has 1 aliphatic rings. The molecule has 1 aliphatic carbocycles. The van der Waals surface area contributed by atoms with Crippen molar-refractivity contribution in [1.82, 2.24) is 19.7 Å². The lowest BCUT2D eigenvalue weighted by atomic mass is 10.4.